The second-order valence-corrected chi connectivity index (χ2v) is 7.84. The zero-order valence-corrected chi connectivity index (χ0v) is 16.1. The normalized spacial score (nSPS) is 22.6. The van der Waals surface area contributed by atoms with E-state index in [1.54, 1.807) is 0 Å². The number of halogens is 2. The van der Waals surface area contributed by atoms with Crippen LogP contribution in [0.5, 0.6) is 0 Å². The van der Waals surface area contributed by atoms with Crippen LogP contribution in [0.2, 0.25) is 5.02 Å². The van der Waals surface area contributed by atoms with Crippen molar-refractivity contribution in [2.45, 2.75) is 33.1 Å². The lowest BCUT2D eigenvalue weighted by atomic mass is 9.89. The van der Waals surface area contributed by atoms with Gasteiger partial charge in [0.05, 0.1) is 5.02 Å². The Labute approximate surface area is 151 Å². The van der Waals surface area contributed by atoms with Gasteiger partial charge in [-0.3, -0.25) is 4.79 Å². The number of hydrogen-bond donors (Lipinski definition) is 1. The molecular weight excluding hydrogens is 374 g/mol. The van der Waals surface area contributed by atoms with Gasteiger partial charge in [0.25, 0.3) is 0 Å². The Kier molecular flexibility index (Phi) is 6.10. The van der Waals surface area contributed by atoms with Gasteiger partial charge in [-0.2, -0.15) is 0 Å². The summed E-state index contributed by atoms with van der Waals surface area (Å²) in [7, 11) is 0. The molecular formula is C19H23BrClNO. The number of hydrogen-bond acceptors (Lipinski definition) is 1. The van der Waals surface area contributed by atoms with Gasteiger partial charge in [-0.05, 0) is 63.7 Å². The molecule has 1 saturated carbocycles. The quantitative estimate of drug-likeness (QED) is 0.503. The van der Waals surface area contributed by atoms with E-state index in [-0.39, 0.29) is 11.8 Å². The molecule has 1 aliphatic rings. The summed E-state index contributed by atoms with van der Waals surface area (Å²) in [5.41, 5.74) is 7.49. The predicted octanol–water partition coefficient (Wildman–Crippen LogP) is 5.47. The first-order valence-corrected chi connectivity index (χ1v) is 9.11. The molecule has 1 amide bonds. The molecule has 1 aromatic rings. The number of allylic oxidation sites excluding steroid dienone is 3. The third kappa shape index (κ3) is 4.71. The largest absolute Gasteiger partial charge is 0.366 e. The van der Waals surface area contributed by atoms with Crippen LogP contribution in [-0.4, -0.2) is 5.91 Å². The monoisotopic (exact) mass is 395 g/mol. The lowest BCUT2D eigenvalue weighted by Crippen LogP contribution is -2.21. The van der Waals surface area contributed by atoms with Crippen LogP contribution in [0.1, 0.15) is 38.7 Å². The highest BCUT2D eigenvalue weighted by Gasteiger charge is 2.36. The average Bonchev–Trinajstić information content (AvgIpc) is 3.25. The molecule has 3 atom stereocenters. The second-order valence-electron chi connectivity index (χ2n) is 6.58. The minimum atomic E-state index is -0.329. The Balaban J connectivity index is 2.02. The number of rotatable bonds is 6. The van der Waals surface area contributed by atoms with Gasteiger partial charge in [0, 0.05) is 10.0 Å². The highest BCUT2D eigenvalue weighted by Crippen LogP contribution is 2.49. The molecule has 0 bridgehead atoms. The van der Waals surface area contributed by atoms with Crippen molar-refractivity contribution in [2.75, 3.05) is 0 Å². The number of amides is 1. The summed E-state index contributed by atoms with van der Waals surface area (Å²) < 4.78 is 0.938. The summed E-state index contributed by atoms with van der Waals surface area (Å²) >= 11 is 9.50. The first-order valence-electron chi connectivity index (χ1n) is 7.94. The van der Waals surface area contributed by atoms with Gasteiger partial charge in [-0.25, -0.2) is 0 Å². The van der Waals surface area contributed by atoms with Crippen molar-refractivity contribution in [3.63, 3.8) is 0 Å². The molecule has 23 heavy (non-hydrogen) atoms. The average molecular weight is 397 g/mol. The first-order chi connectivity index (χ1) is 10.8. The van der Waals surface area contributed by atoms with E-state index >= 15 is 0 Å². The van der Waals surface area contributed by atoms with Crippen molar-refractivity contribution >= 4 is 33.4 Å². The van der Waals surface area contributed by atoms with Crippen molar-refractivity contribution in [3.8, 4) is 0 Å². The molecule has 1 aromatic carbocycles. The number of benzene rings is 1. The van der Waals surface area contributed by atoms with E-state index < -0.39 is 0 Å². The van der Waals surface area contributed by atoms with Gasteiger partial charge in [0.2, 0.25) is 5.91 Å². The van der Waals surface area contributed by atoms with Gasteiger partial charge < -0.3 is 5.73 Å². The molecule has 124 valence electrons. The summed E-state index contributed by atoms with van der Waals surface area (Å²) in [5.74, 6) is 1.28. The van der Waals surface area contributed by atoms with Gasteiger partial charge >= 0.3 is 0 Å². The number of nitrogens with two attached hydrogens (primary N) is 1. The maximum Gasteiger partial charge on any atom is 0.244 e. The zero-order valence-electron chi connectivity index (χ0n) is 13.7. The predicted molar refractivity (Wildman–Crippen MR) is 100 cm³/mol. The molecule has 3 unspecified atom stereocenters. The maximum atomic E-state index is 11.6. The van der Waals surface area contributed by atoms with Crippen LogP contribution >= 0.6 is 27.5 Å². The van der Waals surface area contributed by atoms with E-state index in [9.17, 15) is 4.79 Å². The third-order valence-electron chi connectivity index (χ3n) is 4.62. The van der Waals surface area contributed by atoms with Gasteiger partial charge in [-0.15, -0.1) is 0 Å². The van der Waals surface area contributed by atoms with E-state index in [0.29, 0.717) is 23.3 Å². The van der Waals surface area contributed by atoms with Gasteiger partial charge in [0.1, 0.15) is 0 Å². The SMILES string of the molecule is CC(C)C(C)/C(=C\C=C\C1CC1c1ccc(Cl)c(Br)c1)C(N)=O. The highest BCUT2D eigenvalue weighted by atomic mass is 79.9. The van der Waals surface area contributed by atoms with Crippen molar-refractivity contribution < 1.29 is 4.79 Å². The van der Waals surface area contributed by atoms with Crippen LogP contribution < -0.4 is 5.73 Å². The third-order valence-corrected chi connectivity index (χ3v) is 5.83. The van der Waals surface area contributed by atoms with Gasteiger partial charge in [-0.1, -0.05) is 56.7 Å². The smallest absolute Gasteiger partial charge is 0.244 e. The highest BCUT2D eigenvalue weighted by molar-refractivity contribution is 9.10. The standard InChI is InChI=1S/C19H23BrClNO/c1-11(2)12(3)15(19(22)23)6-4-5-13-9-16(13)14-7-8-18(21)17(20)10-14/h4-8,10-13,16H,9H2,1-3H3,(H2,22,23)/b5-4+,15-6+. The molecule has 0 aromatic heterocycles. The molecule has 2 N–H and O–H groups in total. The van der Waals surface area contributed by atoms with E-state index in [1.807, 2.05) is 25.1 Å². The molecule has 0 saturated heterocycles. The van der Waals surface area contributed by atoms with Crippen LogP contribution in [0.25, 0.3) is 0 Å². The molecule has 2 rings (SSSR count). The number of primary amides is 1. The summed E-state index contributed by atoms with van der Waals surface area (Å²) in [6.07, 6.45) is 7.15. The lowest BCUT2D eigenvalue weighted by Gasteiger charge is -2.16. The van der Waals surface area contributed by atoms with Gasteiger partial charge in [0.15, 0.2) is 0 Å². The summed E-state index contributed by atoms with van der Waals surface area (Å²) in [4.78, 5) is 11.6. The number of carbonyl (C=O) groups excluding carboxylic acids is 1. The van der Waals surface area contributed by atoms with Crippen molar-refractivity contribution in [3.05, 3.63) is 57.1 Å². The Morgan fingerprint density at radius 3 is 2.65 bits per heavy atom. The zero-order chi connectivity index (χ0) is 17.1. The molecule has 0 spiro atoms. The van der Waals surface area contributed by atoms with Crippen LogP contribution in [0, 0.1) is 17.8 Å². The fraction of sp³-hybridized carbons (Fsp3) is 0.421. The van der Waals surface area contributed by atoms with Crippen molar-refractivity contribution in [1.82, 2.24) is 0 Å². The Hall–Kier alpha value is -1.06. The molecule has 0 radical (unpaired) electrons. The first kappa shape index (κ1) is 18.3. The van der Waals surface area contributed by atoms with Crippen LogP contribution in [0.4, 0.5) is 0 Å². The summed E-state index contributed by atoms with van der Waals surface area (Å²) in [6.45, 7) is 6.24. The molecule has 1 fully saturated rings. The van der Waals surface area contributed by atoms with E-state index in [0.717, 1.165) is 15.9 Å². The van der Waals surface area contributed by atoms with E-state index in [4.69, 9.17) is 17.3 Å². The minimum Gasteiger partial charge on any atom is -0.366 e. The van der Waals surface area contributed by atoms with Crippen LogP contribution in [-0.2, 0) is 4.79 Å². The molecule has 4 heteroatoms. The second kappa shape index (κ2) is 7.67. The number of carbonyl (C=O) groups is 1. The Morgan fingerprint density at radius 2 is 2.09 bits per heavy atom. The molecule has 2 nitrogen and oxygen atoms in total. The van der Waals surface area contributed by atoms with Crippen molar-refractivity contribution in [2.24, 2.45) is 23.5 Å². The van der Waals surface area contributed by atoms with Crippen LogP contribution in [0.3, 0.4) is 0 Å². The van der Waals surface area contributed by atoms with E-state index in [2.05, 4.69) is 48.0 Å². The van der Waals surface area contributed by atoms with E-state index in [1.165, 1.54) is 5.56 Å². The molecule has 1 aliphatic carbocycles. The molecule has 0 heterocycles. The van der Waals surface area contributed by atoms with Crippen LogP contribution in [0.15, 0.2) is 46.5 Å². The molecule has 0 aliphatic heterocycles. The summed E-state index contributed by atoms with van der Waals surface area (Å²) in [5, 5.41) is 0.734. The summed E-state index contributed by atoms with van der Waals surface area (Å²) in [6, 6.07) is 6.10. The fourth-order valence-corrected chi connectivity index (χ4v) is 3.19. The van der Waals surface area contributed by atoms with Crippen molar-refractivity contribution in [1.29, 1.82) is 0 Å². The Bertz CT molecular complexity index is 651. The topological polar surface area (TPSA) is 43.1 Å². The Morgan fingerprint density at radius 1 is 1.39 bits per heavy atom. The minimum absolute atomic E-state index is 0.166. The fourth-order valence-electron chi connectivity index (χ4n) is 2.67. The lowest BCUT2D eigenvalue weighted by molar-refractivity contribution is -0.115. The maximum absolute atomic E-state index is 11.6.